The predicted octanol–water partition coefficient (Wildman–Crippen LogP) is 4.96. The van der Waals surface area contributed by atoms with Crippen molar-refractivity contribution < 1.29 is 9.21 Å². The summed E-state index contributed by atoms with van der Waals surface area (Å²) in [5, 5.41) is 5.43. The van der Waals surface area contributed by atoms with Gasteiger partial charge in [-0.15, -0.1) is 0 Å². The number of rotatable bonds is 4. The molecule has 1 aliphatic rings. The van der Waals surface area contributed by atoms with E-state index < -0.39 is 0 Å². The molecule has 0 unspecified atom stereocenters. The molecule has 1 N–H and O–H groups in total. The maximum Gasteiger partial charge on any atom is 0.252 e. The van der Waals surface area contributed by atoms with Gasteiger partial charge in [0.15, 0.2) is 0 Å². The predicted molar refractivity (Wildman–Crippen MR) is 99.6 cm³/mol. The fourth-order valence-electron chi connectivity index (χ4n) is 4.00. The summed E-state index contributed by atoms with van der Waals surface area (Å²) >= 11 is 0. The first-order valence-electron chi connectivity index (χ1n) is 9.12. The second-order valence-corrected chi connectivity index (χ2v) is 6.93. The van der Waals surface area contributed by atoms with Crippen molar-refractivity contribution in [2.45, 2.75) is 38.1 Å². The van der Waals surface area contributed by atoms with Crippen molar-refractivity contribution in [3.8, 4) is 0 Å². The van der Waals surface area contributed by atoms with E-state index in [-0.39, 0.29) is 11.9 Å². The van der Waals surface area contributed by atoms with Gasteiger partial charge in [-0.25, -0.2) is 0 Å². The Kier molecular flexibility index (Phi) is 4.55. The number of carbonyl (C=O) groups excluding carboxylic acids is 1. The fourth-order valence-corrected chi connectivity index (χ4v) is 4.00. The quantitative estimate of drug-likeness (QED) is 0.733. The Morgan fingerprint density at radius 2 is 1.84 bits per heavy atom. The Morgan fingerprint density at radius 1 is 1.00 bits per heavy atom. The lowest BCUT2D eigenvalue weighted by atomic mass is 9.81. The van der Waals surface area contributed by atoms with Crippen LogP contribution in [0.1, 0.15) is 41.8 Å². The van der Waals surface area contributed by atoms with Gasteiger partial charge in [-0.3, -0.25) is 4.79 Å². The molecule has 25 heavy (non-hydrogen) atoms. The number of fused-ring (bicyclic) bond motifs is 1. The largest absolute Gasteiger partial charge is 0.469 e. The summed E-state index contributed by atoms with van der Waals surface area (Å²) in [5.74, 6) is 1.49. The summed E-state index contributed by atoms with van der Waals surface area (Å²) in [6, 6.07) is 18.2. The van der Waals surface area contributed by atoms with E-state index in [0.29, 0.717) is 5.92 Å². The van der Waals surface area contributed by atoms with Gasteiger partial charge in [-0.05, 0) is 47.7 Å². The fraction of sp³-hybridized carbons (Fsp3) is 0.318. The van der Waals surface area contributed by atoms with Crippen LogP contribution in [0.4, 0.5) is 0 Å². The lowest BCUT2D eigenvalue weighted by Crippen LogP contribution is -2.42. The molecule has 3 aromatic rings. The summed E-state index contributed by atoms with van der Waals surface area (Å²) < 4.78 is 5.52. The molecule has 128 valence electrons. The molecule has 3 nitrogen and oxygen atoms in total. The van der Waals surface area contributed by atoms with Crippen LogP contribution in [0.5, 0.6) is 0 Å². The third-order valence-electron chi connectivity index (χ3n) is 5.30. The average molecular weight is 333 g/mol. The molecule has 3 heteroatoms. The van der Waals surface area contributed by atoms with Gasteiger partial charge in [0.1, 0.15) is 5.76 Å². The van der Waals surface area contributed by atoms with Crippen LogP contribution >= 0.6 is 0 Å². The lowest BCUT2D eigenvalue weighted by molar-refractivity contribution is 0.0905. The molecule has 0 radical (unpaired) electrons. The highest BCUT2D eigenvalue weighted by atomic mass is 16.3. The van der Waals surface area contributed by atoms with E-state index in [1.54, 1.807) is 6.26 Å². The summed E-state index contributed by atoms with van der Waals surface area (Å²) in [6.07, 6.45) is 7.21. The van der Waals surface area contributed by atoms with Crippen molar-refractivity contribution in [2.24, 2.45) is 5.92 Å². The summed E-state index contributed by atoms with van der Waals surface area (Å²) in [6.45, 7) is 0. The standard InChI is InChI=1S/C22H23NO2/c24-22(20-12-5-9-16-7-1-3-11-19(16)20)23-21-13-4-2-8-17(21)15-18-10-6-14-25-18/h1,3,5-7,9-12,14,17,21H,2,4,8,13,15H2,(H,23,24)/t17-,21-/m1/s1. The summed E-state index contributed by atoms with van der Waals surface area (Å²) in [7, 11) is 0. The SMILES string of the molecule is O=C(N[C@@H]1CCCC[C@@H]1Cc1ccco1)c1cccc2ccccc12. The molecule has 2 atom stereocenters. The molecule has 1 aromatic heterocycles. The van der Waals surface area contributed by atoms with Crippen LogP contribution in [0.2, 0.25) is 0 Å². The molecular formula is C22H23NO2. The van der Waals surface area contributed by atoms with Crippen molar-refractivity contribution in [2.75, 3.05) is 0 Å². The van der Waals surface area contributed by atoms with Crippen molar-refractivity contribution in [1.29, 1.82) is 0 Å². The zero-order valence-corrected chi connectivity index (χ0v) is 14.3. The van der Waals surface area contributed by atoms with Crippen molar-refractivity contribution in [3.63, 3.8) is 0 Å². The highest BCUT2D eigenvalue weighted by Gasteiger charge is 2.28. The zero-order valence-electron chi connectivity index (χ0n) is 14.3. The Bertz CT molecular complexity index is 848. The average Bonchev–Trinajstić information content (AvgIpc) is 3.16. The molecule has 0 bridgehead atoms. The van der Waals surface area contributed by atoms with Crippen molar-refractivity contribution in [3.05, 3.63) is 72.2 Å². The maximum absolute atomic E-state index is 12.9. The molecule has 0 aliphatic heterocycles. The first-order chi connectivity index (χ1) is 12.3. The molecule has 1 saturated carbocycles. The smallest absolute Gasteiger partial charge is 0.252 e. The van der Waals surface area contributed by atoms with Crippen molar-refractivity contribution >= 4 is 16.7 Å². The van der Waals surface area contributed by atoms with Crippen LogP contribution in [-0.2, 0) is 6.42 Å². The van der Waals surface area contributed by atoms with Crippen LogP contribution in [0.15, 0.2) is 65.3 Å². The second kappa shape index (κ2) is 7.14. The Hall–Kier alpha value is -2.55. The van der Waals surface area contributed by atoms with E-state index >= 15 is 0 Å². The third kappa shape index (κ3) is 3.46. The number of nitrogens with one attached hydrogen (secondary N) is 1. The topological polar surface area (TPSA) is 42.2 Å². The van der Waals surface area contributed by atoms with Gasteiger partial charge in [0.25, 0.3) is 5.91 Å². The van der Waals surface area contributed by atoms with E-state index in [1.165, 1.54) is 12.8 Å². The van der Waals surface area contributed by atoms with E-state index in [9.17, 15) is 4.79 Å². The van der Waals surface area contributed by atoms with E-state index in [2.05, 4.69) is 5.32 Å². The van der Waals surface area contributed by atoms with Crippen LogP contribution in [0.3, 0.4) is 0 Å². The van der Waals surface area contributed by atoms with Gasteiger partial charge in [0, 0.05) is 18.0 Å². The number of hydrogen-bond acceptors (Lipinski definition) is 2. The van der Waals surface area contributed by atoms with Crippen LogP contribution in [-0.4, -0.2) is 11.9 Å². The number of carbonyl (C=O) groups is 1. The molecular weight excluding hydrogens is 310 g/mol. The van der Waals surface area contributed by atoms with Gasteiger partial charge in [-0.1, -0.05) is 49.2 Å². The minimum absolute atomic E-state index is 0.0353. The monoisotopic (exact) mass is 333 g/mol. The van der Waals surface area contributed by atoms with Gasteiger partial charge < -0.3 is 9.73 Å². The molecule has 1 heterocycles. The van der Waals surface area contributed by atoms with Crippen LogP contribution in [0, 0.1) is 5.92 Å². The van der Waals surface area contributed by atoms with Crippen molar-refractivity contribution in [1.82, 2.24) is 5.32 Å². The number of hydrogen-bond donors (Lipinski definition) is 1. The van der Waals surface area contributed by atoms with Crippen LogP contribution < -0.4 is 5.32 Å². The van der Waals surface area contributed by atoms with Gasteiger partial charge in [0.05, 0.1) is 6.26 Å². The Morgan fingerprint density at radius 3 is 2.72 bits per heavy atom. The minimum Gasteiger partial charge on any atom is -0.469 e. The first-order valence-corrected chi connectivity index (χ1v) is 9.12. The highest BCUT2D eigenvalue weighted by molar-refractivity contribution is 6.07. The third-order valence-corrected chi connectivity index (χ3v) is 5.30. The minimum atomic E-state index is 0.0353. The number of furan rings is 1. The molecule has 0 saturated heterocycles. The van der Waals surface area contributed by atoms with E-state index in [4.69, 9.17) is 4.42 Å². The lowest BCUT2D eigenvalue weighted by Gasteiger charge is -2.32. The number of amides is 1. The zero-order chi connectivity index (χ0) is 17.1. The van der Waals surface area contributed by atoms with Crippen LogP contribution in [0.25, 0.3) is 10.8 Å². The maximum atomic E-state index is 12.9. The molecule has 0 spiro atoms. The summed E-state index contributed by atoms with van der Waals surface area (Å²) in [4.78, 5) is 12.9. The van der Waals surface area contributed by atoms with E-state index in [1.807, 2.05) is 54.6 Å². The second-order valence-electron chi connectivity index (χ2n) is 6.93. The van der Waals surface area contributed by atoms with Gasteiger partial charge in [0.2, 0.25) is 0 Å². The number of benzene rings is 2. The molecule has 4 rings (SSSR count). The first kappa shape index (κ1) is 15.9. The summed E-state index contributed by atoms with van der Waals surface area (Å²) in [5.41, 5.74) is 0.764. The molecule has 1 amide bonds. The Balaban J connectivity index is 1.53. The normalized spacial score (nSPS) is 20.5. The van der Waals surface area contributed by atoms with Gasteiger partial charge in [-0.2, -0.15) is 0 Å². The molecule has 1 aliphatic carbocycles. The van der Waals surface area contributed by atoms with Gasteiger partial charge >= 0.3 is 0 Å². The molecule has 2 aromatic carbocycles. The Labute approximate surface area is 148 Å². The highest BCUT2D eigenvalue weighted by Crippen LogP contribution is 2.28. The van der Waals surface area contributed by atoms with E-state index in [0.717, 1.165) is 41.4 Å². The molecule has 1 fully saturated rings.